The number of carbonyl (C=O) groups is 24. The van der Waals surface area contributed by atoms with E-state index in [9.17, 15) is 133 Å². The van der Waals surface area contributed by atoms with Crippen LogP contribution in [-0.4, -0.2) is 193 Å². The average molecular weight is 2130 g/mol. The lowest BCUT2D eigenvalue weighted by molar-refractivity contribution is -0.154. The SMILES string of the molecule is CCOC(=O)C(=O)CC(=O)CCc1ccccc1.CCOC(=O)C(=O)CC(=O)Cc1ccc(Br)cc1.CCOC(=O)C(=O)CC(=O)Cc1ccc(C)cc1.CCOC(=O)C(=O)CC(=O)Cc1ccc(F)cc1F.CCOC(=O)C(=O)CC(=O)Cc1cccc(Br)c1.CCOC(=O)C(=O)CC(=O)Cc1cccc(F)c1.CCOC(=O)C(=O)CC(=O)Cc1ccccc1.CCOC(=O)C(=O)CC(=O)Cc1ccccc1F. The number of hydrogen-bond donors (Lipinski definition) is 0. The van der Waals surface area contributed by atoms with Crippen LogP contribution in [0.3, 0.4) is 0 Å². The van der Waals surface area contributed by atoms with Crippen LogP contribution in [0.5, 0.6) is 0 Å². The molecule has 0 bridgehead atoms. The molecule has 8 rings (SSSR count). The van der Waals surface area contributed by atoms with Crippen LogP contribution in [0.25, 0.3) is 0 Å². The normalized spacial score (nSPS) is 9.88. The number of benzene rings is 8. The smallest absolute Gasteiger partial charge is 0.375 e. The standard InChI is InChI=1S/2C14H16O4.2C13H13BrO4.C13H12F2O4.2C13H13FO4.C13H14O4/c1-3-18-14(17)13(16)9-12(15)8-11-6-4-10(2)5-7-11;1-2-18-14(17)13(16)10-12(15)9-8-11-6-4-3-5-7-11;1-2-18-13(17)12(16)8-11(15)7-9-3-5-10(14)6-4-9;1-2-18-13(17)12(16)8-11(15)7-9-4-3-5-10(14)6-9;1-2-19-13(18)12(17)7-10(16)5-8-3-4-9(14)6-11(8)15;1-2-18-13(17)12(16)8-11(15)7-9-4-3-5-10(14)6-9;1-2-18-13(17)12(16)8-10(15)7-9-5-3-4-6-11(9)14;1-2-17-13(16)12(15)9-11(14)8-10-6-4-3-5-7-10/h4-7H,3,8-9H2,1-2H3;3-7H,2,8-10H2,1H3;2*3-6H,2,7-8H2,1H3;3-4,6H,2,5,7H2,1H3;2*3-6H,2,7-8H2,1H3;3-7H,2,8-9H2,1H3. The van der Waals surface area contributed by atoms with Gasteiger partial charge in [-0.05, 0) is 162 Å². The Morgan fingerprint density at radius 1 is 0.222 bits per heavy atom. The van der Waals surface area contributed by atoms with E-state index in [1.54, 1.807) is 103 Å². The second kappa shape index (κ2) is 73.1. The highest BCUT2D eigenvalue weighted by atomic mass is 79.9. The third-order valence-electron chi connectivity index (χ3n) is 17.8. The molecule has 0 fully saturated rings. The zero-order valence-electron chi connectivity index (χ0n) is 80.6. The van der Waals surface area contributed by atoms with Crippen LogP contribution in [-0.2, 0) is 204 Å². The first-order chi connectivity index (χ1) is 68.3. The van der Waals surface area contributed by atoms with Crippen LogP contribution in [0.15, 0.2) is 209 Å². The first-order valence-electron chi connectivity index (χ1n) is 44.6. The molecule has 0 unspecified atom stereocenters. The number of Topliss-reactive ketones (excluding diaryl/α,β-unsaturated/α-hetero) is 16. The third kappa shape index (κ3) is 58.2. The largest absolute Gasteiger partial charge is 0.460 e. The van der Waals surface area contributed by atoms with E-state index < -0.39 is 180 Å². The second-order valence-corrected chi connectivity index (χ2v) is 31.6. The molecule has 0 atom stereocenters. The van der Waals surface area contributed by atoms with Gasteiger partial charge in [-0.15, -0.1) is 0 Å². The minimum absolute atomic E-state index is 0.0249. The number of ether oxygens (including phenoxy) is 8. The summed E-state index contributed by atoms with van der Waals surface area (Å²) in [5, 5.41) is 0. The Kier molecular flexibility index (Phi) is 64.4. The van der Waals surface area contributed by atoms with Crippen LogP contribution in [0.1, 0.15) is 163 Å². The molecular weight excluding hydrogens is 2020 g/mol. The molecule has 0 saturated heterocycles. The molecule has 0 heterocycles. The van der Waals surface area contributed by atoms with Crippen molar-refractivity contribution < 1.29 is 171 Å². The number of carbonyl (C=O) groups excluding carboxylic acids is 24. The van der Waals surface area contributed by atoms with Crippen molar-refractivity contribution in [2.75, 3.05) is 52.9 Å². The zero-order chi connectivity index (χ0) is 108. The summed E-state index contributed by atoms with van der Waals surface area (Å²) in [5.74, 6) is -20.1. The van der Waals surface area contributed by atoms with Crippen molar-refractivity contribution in [3.8, 4) is 0 Å². The number of aryl methyl sites for hydroxylation is 2. The van der Waals surface area contributed by atoms with Gasteiger partial charge in [0.25, 0.3) is 0 Å². The lowest BCUT2D eigenvalue weighted by Crippen LogP contribution is -2.21. The minimum atomic E-state index is -1.09. The number of halogens is 6. The van der Waals surface area contributed by atoms with Gasteiger partial charge in [-0.3, -0.25) is 76.7 Å². The highest BCUT2D eigenvalue weighted by Crippen LogP contribution is 2.18. The predicted molar refractivity (Wildman–Crippen MR) is 516 cm³/mol. The fraction of sp³-hybridized carbons (Fsp3) is 0.321. The molecule has 0 radical (unpaired) electrons. The van der Waals surface area contributed by atoms with E-state index in [1.165, 1.54) is 43.3 Å². The summed E-state index contributed by atoms with van der Waals surface area (Å²) in [7, 11) is 0. The second-order valence-electron chi connectivity index (χ2n) is 29.8. The first-order valence-corrected chi connectivity index (χ1v) is 46.2. The molecule has 0 aliphatic rings. The topological polar surface area (TPSA) is 484 Å². The van der Waals surface area contributed by atoms with Crippen molar-refractivity contribution in [2.24, 2.45) is 0 Å². The average Bonchev–Trinajstić information content (AvgIpc) is 0.867. The fourth-order valence-corrected chi connectivity index (χ4v) is 11.9. The lowest BCUT2D eigenvalue weighted by Gasteiger charge is -2.03. The molecule has 0 spiro atoms. The molecule has 38 heteroatoms. The fourth-order valence-electron chi connectivity index (χ4n) is 11.2. The van der Waals surface area contributed by atoms with Crippen LogP contribution < -0.4 is 0 Å². The van der Waals surface area contributed by atoms with Crippen molar-refractivity contribution >= 4 is 172 Å². The Morgan fingerprint density at radius 3 is 0.792 bits per heavy atom. The molecule has 0 aliphatic carbocycles. The van der Waals surface area contributed by atoms with Gasteiger partial charge < -0.3 is 37.9 Å². The van der Waals surface area contributed by atoms with Crippen molar-refractivity contribution in [3.05, 3.63) is 282 Å². The Bertz CT molecular complexity index is 5560. The Morgan fingerprint density at radius 2 is 0.479 bits per heavy atom. The zero-order valence-corrected chi connectivity index (χ0v) is 83.7. The molecule has 768 valence electrons. The Labute approximate surface area is 844 Å². The summed E-state index contributed by atoms with van der Waals surface area (Å²) >= 11 is 6.58. The molecule has 144 heavy (non-hydrogen) atoms. The van der Waals surface area contributed by atoms with E-state index in [0.29, 0.717) is 18.1 Å². The first kappa shape index (κ1) is 127. The van der Waals surface area contributed by atoms with E-state index in [4.69, 9.17) is 0 Å². The van der Waals surface area contributed by atoms with E-state index in [-0.39, 0.29) is 151 Å². The monoisotopic (exact) mass is 2130 g/mol. The van der Waals surface area contributed by atoms with Gasteiger partial charge in [0.2, 0.25) is 46.3 Å². The molecule has 8 aromatic rings. The molecule has 0 aromatic heterocycles. The van der Waals surface area contributed by atoms with Gasteiger partial charge in [-0.1, -0.05) is 183 Å². The molecule has 8 aromatic carbocycles. The van der Waals surface area contributed by atoms with Gasteiger partial charge >= 0.3 is 47.8 Å². The summed E-state index contributed by atoms with van der Waals surface area (Å²) in [6, 6.07) is 54.6. The van der Waals surface area contributed by atoms with Crippen LogP contribution >= 0.6 is 31.9 Å². The maximum atomic E-state index is 13.3. The molecule has 32 nitrogen and oxygen atoms in total. The van der Waals surface area contributed by atoms with Gasteiger partial charge in [-0.2, -0.15) is 0 Å². The van der Waals surface area contributed by atoms with Crippen molar-refractivity contribution in [2.45, 2.75) is 171 Å². The van der Waals surface area contributed by atoms with Crippen LogP contribution in [0.2, 0.25) is 0 Å². The van der Waals surface area contributed by atoms with Crippen molar-refractivity contribution in [3.63, 3.8) is 0 Å². The van der Waals surface area contributed by atoms with Gasteiger partial charge in [0.1, 0.15) is 69.5 Å². The number of ketones is 16. The van der Waals surface area contributed by atoms with Gasteiger partial charge in [0, 0.05) is 66.4 Å². The van der Waals surface area contributed by atoms with Gasteiger partial charge in [0.15, 0.2) is 0 Å². The summed E-state index contributed by atoms with van der Waals surface area (Å²) in [5.41, 5.74) is 6.06. The van der Waals surface area contributed by atoms with E-state index in [2.05, 4.69) is 69.8 Å². The Hall–Kier alpha value is -15.1. The summed E-state index contributed by atoms with van der Waals surface area (Å²) < 4.78 is 89.8. The molecule has 0 saturated carbocycles. The number of hydrogen-bond acceptors (Lipinski definition) is 32. The quantitative estimate of drug-likeness (QED) is 0.0112. The summed E-state index contributed by atoms with van der Waals surface area (Å²) in [4.78, 5) is 270. The minimum Gasteiger partial charge on any atom is -0.460 e. The molecule has 0 aliphatic heterocycles. The van der Waals surface area contributed by atoms with E-state index in [0.717, 1.165) is 54.5 Å². The lowest BCUT2D eigenvalue weighted by atomic mass is 10.0. The van der Waals surface area contributed by atoms with Crippen LogP contribution in [0, 0.1) is 30.2 Å². The van der Waals surface area contributed by atoms with E-state index >= 15 is 0 Å². The summed E-state index contributed by atoms with van der Waals surface area (Å²) in [6.07, 6.45) is -2.96. The predicted octanol–water partition coefficient (Wildman–Crippen LogP) is 13.3. The summed E-state index contributed by atoms with van der Waals surface area (Å²) in [6.45, 7) is 15.5. The maximum absolute atomic E-state index is 13.3. The highest BCUT2D eigenvalue weighted by molar-refractivity contribution is 9.10. The maximum Gasteiger partial charge on any atom is 0.375 e. The van der Waals surface area contributed by atoms with Gasteiger partial charge in [0.05, 0.1) is 104 Å². The molecular formula is C106H110Br2F4O32. The molecule has 0 N–H and O–H groups in total. The third-order valence-corrected chi connectivity index (χ3v) is 18.9. The van der Waals surface area contributed by atoms with Gasteiger partial charge in [-0.25, -0.2) is 55.9 Å². The van der Waals surface area contributed by atoms with Crippen molar-refractivity contribution in [1.29, 1.82) is 0 Å². The van der Waals surface area contributed by atoms with Crippen LogP contribution in [0.4, 0.5) is 17.6 Å². The number of esters is 8. The van der Waals surface area contributed by atoms with E-state index in [1.807, 2.05) is 97.9 Å². The molecule has 0 amide bonds. The highest BCUT2D eigenvalue weighted by Gasteiger charge is 2.27. The number of rotatable bonds is 49. The Balaban J connectivity index is 0.000000823. The van der Waals surface area contributed by atoms with Crippen molar-refractivity contribution in [1.82, 2.24) is 0 Å².